The van der Waals surface area contributed by atoms with Crippen LogP contribution in [0.25, 0.3) is 0 Å². The van der Waals surface area contributed by atoms with Gasteiger partial charge in [0.25, 0.3) is 0 Å². The number of para-hydroxylation sites is 1. The number of hydrogen-bond donors (Lipinski definition) is 0. The number of hydrogen-bond acceptors (Lipinski definition) is 2. The zero-order valence-corrected chi connectivity index (χ0v) is 15.5. The van der Waals surface area contributed by atoms with Gasteiger partial charge in [0.15, 0.2) is 0 Å². The molecule has 3 nitrogen and oxygen atoms in total. The zero-order valence-electron chi connectivity index (χ0n) is 15.5. The van der Waals surface area contributed by atoms with Gasteiger partial charge in [-0.1, -0.05) is 55.5 Å². The molecule has 26 heavy (non-hydrogen) atoms. The molecule has 1 saturated heterocycles. The quantitative estimate of drug-likeness (QED) is 0.783. The molecule has 2 aromatic rings. The molecule has 0 aromatic heterocycles. The predicted octanol–water partition coefficient (Wildman–Crippen LogP) is 4.60. The number of alkyl halides is 1. The van der Waals surface area contributed by atoms with Crippen molar-refractivity contribution in [3.63, 3.8) is 0 Å². The summed E-state index contributed by atoms with van der Waals surface area (Å²) in [5, 5.41) is 0. The summed E-state index contributed by atoms with van der Waals surface area (Å²) in [6, 6.07) is 19.4. The van der Waals surface area contributed by atoms with Crippen LogP contribution in [0.2, 0.25) is 0 Å². The molecule has 1 heterocycles. The van der Waals surface area contributed by atoms with Crippen LogP contribution in [0, 0.1) is 0 Å². The Labute approximate surface area is 155 Å². The highest BCUT2D eigenvalue weighted by molar-refractivity contribution is 5.93. The Balaban J connectivity index is 1.75. The Morgan fingerprint density at radius 2 is 1.77 bits per heavy atom. The summed E-state index contributed by atoms with van der Waals surface area (Å²) in [5.74, 6) is -0.0200. The van der Waals surface area contributed by atoms with Crippen molar-refractivity contribution in [2.75, 3.05) is 18.0 Å². The van der Waals surface area contributed by atoms with Gasteiger partial charge in [0, 0.05) is 31.2 Å². The second kappa shape index (κ2) is 8.45. The monoisotopic (exact) mass is 354 g/mol. The molecule has 0 aliphatic carbocycles. The third kappa shape index (κ3) is 3.96. The summed E-state index contributed by atoms with van der Waals surface area (Å²) < 4.78 is 15.2. The van der Waals surface area contributed by atoms with Crippen LogP contribution in [0.15, 0.2) is 60.7 Å². The van der Waals surface area contributed by atoms with E-state index >= 15 is 4.39 Å². The first-order valence-corrected chi connectivity index (χ1v) is 9.42. The van der Waals surface area contributed by atoms with Gasteiger partial charge in [-0.2, -0.15) is 0 Å². The molecule has 3 rings (SSSR count). The van der Waals surface area contributed by atoms with E-state index in [4.69, 9.17) is 0 Å². The largest absolute Gasteiger partial charge is 0.306 e. The molecule has 3 unspecified atom stereocenters. The highest BCUT2D eigenvalue weighted by atomic mass is 19.1. The fourth-order valence-corrected chi connectivity index (χ4v) is 3.78. The number of rotatable bonds is 5. The Bertz CT molecular complexity index is 707. The minimum Gasteiger partial charge on any atom is -0.306 e. The average molecular weight is 354 g/mol. The van der Waals surface area contributed by atoms with Crippen molar-refractivity contribution in [3.05, 3.63) is 66.2 Å². The van der Waals surface area contributed by atoms with Crippen LogP contribution >= 0.6 is 0 Å². The third-order valence-electron chi connectivity index (χ3n) is 5.31. The Morgan fingerprint density at radius 1 is 1.15 bits per heavy atom. The van der Waals surface area contributed by atoms with Crippen molar-refractivity contribution in [3.8, 4) is 0 Å². The van der Waals surface area contributed by atoms with Gasteiger partial charge in [0.2, 0.25) is 5.91 Å². The summed E-state index contributed by atoms with van der Waals surface area (Å²) in [6.45, 7) is 5.08. The van der Waals surface area contributed by atoms with E-state index in [1.165, 1.54) is 5.56 Å². The number of carbonyl (C=O) groups excluding carboxylic acids is 1. The molecule has 1 aliphatic rings. The summed E-state index contributed by atoms with van der Waals surface area (Å²) >= 11 is 0. The molecule has 0 N–H and O–H groups in total. The van der Waals surface area contributed by atoms with Crippen LogP contribution in [-0.4, -0.2) is 36.1 Å². The van der Waals surface area contributed by atoms with Gasteiger partial charge in [-0.25, -0.2) is 4.39 Å². The molecule has 0 saturated carbocycles. The predicted molar refractivity (Wildman–Crippen MR) is 104 cm³/mol. The number of anilines is 1. The zero-order chi connectivity index (χ0) is 18.5. The summed E-state index contributed by atoms with van der Waals surface area (Å²) in [6.07, 6.45) is -0.0491. The van der Waals surface area contributed by atoms with Gasteiger partial charge in [-0.05, 0) is 31.0 Å². The van der Waals surface area contributed by atoms with Crippen LogP contribution in [-0.2, 0) is 4.79 Å². The van der Waals surface area contributed by atoms with E-state index in [2.05, 4.69) is 24.0 Å². The molecule has 1 aliphatic heterocycles. The minimum atomic E-state index is -1.06. The van der Waals surface area contributed by atoms with E-state index in [1.807, 2.05) is 55.5 Å². The SMILES string of the molecule is CCC(=O)N(c1ccccc1)C1CCN(C(C)c2ccccc2)CC1F. The van der Waals surface area contributed by atoms with Gasteiger partial charge in [0.1, 0.15) is 6.17 Å². The Hall–Kier alpha value is -2.20. The molecule has 0 radical (unpaired) electrons. The maximum absolute atomic E-state index is 15.2. The van der Waals surface area contributed by atoms with E-state index in [0.29, 0.717) is 19.4 Å². The first kappa shape index (κ1) is 18.6. The van der Waals surface area contributed by atoms with Crippen molar-refractivity contribution < 1.29 is 9.18 Å². The van der Waals surface area contributed by atoms with E-state index in [-0.39, 0.29) is 11.9 Å². The average Bonchev–Trinajstić information content (AvgIpc) is 2.70. The van der Waals surface area contributed by atoms with Crippen molar-refractivity contribution in [2.45, 2.75) is 44.9 Å². The van der Waals surface area contributed by atoms with E-state index in [9.17, 15) is 4.79 Å². The van der Waals surface area contributed by atoms with Gasteiger partial charge >= 0.3 is 0 Å². The normalized spacial score (nSPS) is 22.0. The fourth-order valence-electron chi connectivity index (χ4n) is 3.78. The molecule has 138 valence electrons. The number of amides is 1. The summed E-state index contributed by atoms with van der Waals surface area (Å²) in [5.41, 5.74) is 1.99. The highest BCUT2D eigenvalue weighted by Gasteiger charge is 2.37. The molecule has 0 spiro atoms. The van der Waals surface area contributed by atoms with Crippen molar-refractivity contribution in [1.82, 2.24) is 4.90 Å². The van der Waals surface area contributed by atoms with Crippen LogP contribution in [0.5, 0.6) is 0 Å². The summed E-state index contributed by atoms with van der Waals surface area (Å²) in [7, 11) is 0. The van der Waals surface area contributed by atoms with Crippen LogP contribution in [0.3, 0.4) is 0 Å². The van der Waals surface area contributed by atoms with Crippen LogP contribution < -0.4 is 4.90 Å². The molecular formula is C22H27FN2O. The second-order valence-corrected chi connectivity index (χ2v) is 6.91. The lowest BCUT2D eigenvalue weighted by Gasteiger charge is -2.42. The maximum Gasteiger partial charge on any atom is 0.227 e. The standard InChI is InChI=1S/C22H27FN2O/c1-3-22(26)25(19-12-8-5-9-13-19)21-14-15-24(16-20(21)23)17(2)18-10-6-4-7-11-18/h4-13,17,20-21H,3,14-16H2,1-2H3. The molecule has 3 atom stereocenters. The second-order valence-electron chi connectivity index (χ2n) is 6.91. The number of halogens is 1. The van der Waals surface area contributed by atoms with E-state index < -0.39 is 12.2 Å². The Morgan fingerprint density at radius 3 is 2.35 bits per heavy atom. The topological polar surface area (TPSA) is 23.6 Å². The smallest absolute Gasteiger partial charge is 0.227 e. The van der Waals surface area contributed by atoms with Crippen LogP contribution in [0.1, 0.15) is 38.3 Å². The number of likely N-dealkylation sites (tertiary alicyclic amines) is 1. The molecule has 1 fully saturated rings. The van der Waals surface area contributed by atoms with Gasteiger partial charge < -0.3 is 4.90 Å². The number of carbonyl (C=O) groups is 1. The fraction of sp³-hybridized carbons (Fsp3) is 0.409. The number of piperidine rings is 1. The lowest BCUT2D eigenvalue weighted by molar-refractivity contribution is -0.119. The minimum absolute atomic E-state index is 0.0200. The molecular weight excluding hydrogens is 327 g/mol. The third-order valence-corrected chi connectivity index (χ3v) is 5.31. The Kier molecular flexibility index (Phi) is 6.04. The number of benzene rings is 2. The van der Waals surface area contributed by atoms with Crippen LogP contribution in [0.4, 0.5) is 10.1 Å². The van der Waals surface area contributed by atoms with Gasteiger partial charge in [0.05, 0.1) is 6.04 Å². The van der Waals surface area contributed by atoms with Crippen molar-refractivity contribution in [2.24, 2.45) is 0 Å². The lowest BCUT2D eigenvalue weighted by atomic mass is 9.96. The molecule has 1 amide bonds. The lowest BCUT2D eigenvalue weighted by Crippen LogP contribution is -2.54. The molecule has 4 heteroatoms. The van der Waals surface area contributed by atoms with Gasteiger partial charge in [-0.15, -0.1) is 0 Å². The summed E-state index contributed by atoms with van der Waals surface area (Å²) in [4.78, 5) is 16.4. The van der Waals surface area contributed by atoms with Crippen molar-refractivity contribution in [1.29, 1.82) is 0 Å². The van der Waals surface area contributed by atoms with Crippen molar-refractivity contribution >= 4 is 11.6 Å². The molecule has 2 aromatic carbocycles. The highest BCUT2D eigenvalue weighted by Crippen LogP contribution is 2.30. The first-order valence-electron chi connectivity index (χ1n) is 9.42. The number of nitrogens with zero attached hydrogens (tertiary/aromatic N) is 2. The van der Waals surface area contributed by atoms with E-state index in [1.54, 1.807) is 4.90 Å². The van der Waals surface area contributed by atoms with E-state index in [0.717, 1.165) is 12.2 Å². The maximum atomic E-state index is 15.2. The van der Waals surface area contributed by atoms with Gasteiger partial charge in [-0.3, -0.25) is 9.69 Å². The molecule has 0 bridgehead atoms. The first-order chi connectivity index (χ1) is 12.6.